The van der Waals surface area contributed by atoms with Crippen molar-refractivity contribution >= 4 is 5.97 Å². The summed E-state index contributed by atoms with van der Waals surface area (Å²) in [4.78, 5) is 12.5. The van der Waals surface area contributed by atoms with Crippen LogP contribution in [0, 0.1) is 28.6 Å². The van der Waals surface area contributed by atoms with Crippen LogP contribution >= 0.6 is 0 Å². The average molecular weight is 383 g/mol. The standard InChI is InChI=1S/C22H19F2NO3/c1-22(2)17(12-19(23)24)20(22)21(26)28-18(13-25)14-7-6-10-16(11-14)27-15-8-4-3-5-9-15/h3-12,17-18,20H,1-2H3/t17?,18?,20-/m0/s1. The van der Waals surface area contributed by atoms with Gasteiger partial charge in [0.05, 0.1) is 5.92 Å². The molecule has 1 fully saturated rings. The van der Waals surface area contributed by atoms with Gasteiger partial charge in [0, 0.05) is 11.5 Å². The first-order valence-electron chi connectivity index (χ1n) is 8.78. The maximum atomic E-state index is 12.6. The molecule has 6 heteroatoms. The predicted molar refractivity (Wildman–Crippen MR) is 98.5 cm³/mol. The number of carbonyl (C=O) groups is 1. The predicted octanol–water partition coefficient (Wildman–Crippen LogP) is 5.64. The maximum Gasteiger partial charge on any atom is 0.311 e. The minimum atomic E-state index is -1.82. The lowest BCUT2D eigenvalue weighted by Gasteiger charge is -2.13. The molecule has 144 valence electrons. The summed E-state index contributed by atoms with van der Waals surface area (Å²) in [6, 6.07) is 17.7. The van der Waals surface area contributed by atoms with Gasteiger partial charge in [-0.25, -0.2) is 0 Å². The van der Waals surface area contributed by atoms with Crippen LogP contribution in [0.25, 0.3) is 0 Å². The highest BCUT2D eigenvalue weighted by atomic mass is 19.3. The highest BCUT2D eigenvalue weighted by Crippen LogP contribution is 2.60. The number of allylic oxidation sites excluding steroid dienone is 1. The van der Waals surface area contributed by atoms with E-state index in [1.807, 2.05) is 24.3 Å². The lowest BCUT2D eigenvalue weighted by atomic mass is 10.1. The molecular formula is C22H19F2NO3. The molecule has 1 aliphatic rings. The summed E-state index contributed by atoms with van der Waals surface area (Å²) in [5.41, 5.74) is -0.176. The minimum Gasteiger partial charge on any atom is -0.457 e. The van der Waals surface area contributed by atoms with Crippen LogP contribution in [0.15, 0.2) is 66.8 Å². The molecule has 3 atom stereocenters. The van der Waals surface area contributed by atoms with E-state index in [1.54, 1.807) is 50.2 Å². The third-order valence-electron chi connectivity index (χ3n) is 4.96. The van der Waals surface area contributed by atoms with Crippen LogP contribution in [0.5, 0.6) is 11.5 Å². The van der Waals surface area contributed by atoms with Crippen molar-refractivity contribution < 1.29 is 23.0 Å². The maximum absolute atomic E-state index is 12.6. The van der Waals surface area contributed by atoms with E-state index < -0.39 is 35.4 Å². The van der Waals surface area contributed by atoms with Crippen molar-refractivity contribution in [2.24, 2.45) is 17.3 Å². The zero-order valence-electron chi connectivity index (χ0n) is 15.4. The smallest absolute Gasteiger partial charge is 0.311 e. The Kier molecular flexibility index (Phi) is 5.46. The third kappa shape index (κ3) is 4.20. The Morgan fingerprint density at radius 3 is 2.46 bits per heavy atom. The van der Waals surface area contributed by atoms with Crippen molar-refractivity contribution in [2.75, 3.05) is 0 Å². The number of nitrogens with zero attached hydrogens (tertiary/aromatic N) is 1. The van der Waals surface area contributed by atoms with Gasteiger partial charge in [-0.2, -0.15) is 14.0 Å². The summed E-state index contributed by atoms with van der Waals surface area (Å²) in [6.07, 6.45) is -2.19. The zero-order valence-corrected chi connectivity index (χ0v) is 15.4. The molecule has 0 N–H and O–H groups in total. The van der Waals surface area contributed by atoms with Crippen LogP contribution in [0.3, 0.4) is 0 Å². The highest BCUT2D eigenvalue weighted by molar-refractivity contribution is 5.78. The molecule has 2 unspecified atom stereocenters. The number of benzene rings is 2. The molecule has 0 heterocycles. The number of ether oxygens (including phenoxy) is 2. The Balaban J connectivity index is 1.72. The molecule has 2 aromatic carbocycles. The quantitative estimate of drug-likeness (QED) is 0.606. The minimum absolute atomic E-state index is 0.450. The molecule has 0 amide bonds. The normalized spacial score (nSPS) is 20.4. The van der Waals surface area contributed by atoms with Crippen molar-refractivity contribution in [3.63, 3.8) is 0 Å². The van der Waals surface area contributed by atoms with E-state index in [-0.39, 0.29) is 0 Å². The summed E-state index contributed by atoms with van der Waals surface area (Å²) in [6.45, 7) is 3.44. The number of halogens is 2. The number of nitriles is 1. The van der Waals surface area contributed by atoms with Gasteiger partial charge in [0.1, 0.15) is 17.6 Å². The molecule has 0 bridgehead atoms. The fourth-order valence-corrected chi connectivity index (χ4v) is 3.30. The van der Waals surface area contributed by atoms with E-state index in [4.69, 9.17) is 9.47 Å². The van der Waals surface area contributed by atoms with Crippen molar-refractivity contribution in [3.05, 3.63) is 72.3 Å². The number of hydrogen-bond acceptors (Lipinski definition) is 4. The van der Waals surface area contributed by atoms with Crippen LogP contribution in [0.4, 0.5) is 8.78 Å². The molecule has 1 saturated carbocycles. The van der Waals surface area contributed by atoms with Crippen LogP contribution in [-0.4, -0.2) is 5.97 Å². The summed E-state index contributed by atoms with van der Waals surface area (Å²) in [5.74, 6) is -0.834. The van der Waals surface area contributed by atoms with Crippen molar-refractivity contribution in [2.45, 2.75) is 20.0 Å². The highest BCUT2D eigenvalue weighted by Gasteiger charge is 2.62. The van der Waals surface area contributed by atoms with Gasteiger partial charge >= 0.3 is 5.97 Å². The Morgan fingerprint density at radius 2 is 1.82 bits per heavy atom. The van der Waals surface area contributed by atoms with Crippen molar-refractivity contribution in [3.8, 4) is 17.6 Å². The molecule has 0 spiro atoms. The topological polar surface area (TPSA) is 59.3 Å². The zero-order chi connectivity index (χ0) is 20.3. The summed E-state index contributed by atoms with van der Waals surface area (Å²) < 4.78 is 36.2. The molecule has 3 rings (SSSR count). The summed E-state index contributed by atoms with van der Waals surface area (Å²) in [7, 11) is 0. The molecule has 0 aliphatic heterocycles. The third-order valence-corrected chi connectivity index (χ3v) is 4.96. The lowest BCUT2D eigenvalue weighted by molar-refractivity contribution is -0.149. The lowest BCUT2D eigenvalue weighted by Crippen LogP contribution is -2.14. The van der Waals surface area contributed by atoms with Gasteiger partial charge < -0.3 is 9.47 Å². The second-order valence-corrected chi connectivity index (χ2v) is 7.21. The van der Waals surface area contributed by atoms with Gasteiger partial charge in [0.2, 0.25) is 6.10 Å². The van der Waals surface area contributed by atoms with Crippen molar-refractivity contribution in [1.29, 1.82) is 5.26 Å². The fourth-order valence-electron chi connectivity index (χ4n) is 3.30. The Morgan fingerprint density at radius 1 is 1.14 bits per heavy atom. The number of para-hydroxylation sites is 1. The average Bonchev–Trinajstić information content (AvgIpc) is 3.20. The monoisotopic (exact) mass is 383 g/mol. The SMILES string of the molecule is CC1(C)C(C=C(F)F)[C@H]1C(=O)OC(C#N)c1cccc(Oc2ccccc2)c1. The number of esters is 1. The first-order valence-corrected chi connectivity index (χ1v) is 8.78. The summed E-state index contributed by atoms with van der Waals surface area (Å²) >= 11 is 0. The van der Waals surface area contributed by atoms with Gasteiger partial charge in [-0.1, -0.05) is 44.2 Å². The van der Waals surface area contributed by atoms with Gasteiger partial charge in [0.25, 0.3) is 6.08 Å². The second-order valence-electron chi connectivity index (χ2n) is 7.21. The molecule has 0 saturated heterocycles. The Labute approximate surface area is 162 Å². The Hall–Kier alpha value is -3.20. The van der Waals surface area contributed by atoms with E-state index in [2.05, 4.69) is 0 Å². The van der Waals surface area contributed by atoms with Gasteiger partial charge in [-0.05, 0) is 35.8 Å². The second kappa shape index (κ2) is 7.81. The van der Waals surface area contributed by atoms with E-state index in [1.165, 1.54) is 0 Å². The molecule has 2 aromatic rings. The summed E-state index contributed by atoms with van der Waals surface area (Å²) in [5, 5.41) is 9.45. The van der Waals surface area contributed by atoms with Crippen LogP contribution in [0.1, 0.15) is 25.5 Å². The van der Waals surface area contributed by atoms with Gasteiger partial charge in [-0.3, -0.25) is 4.79 Å². The number of hydrogen-bond donors (Lipinski definition) is 0. The fraction of sp³-hybridized carbons (Fsp3) is 0.273. The van der Waals surface area contributed by atoms with E-state index in [0.717, 1.165) is 6.08 Å². The molecule has 1 aliphatic carbocycles. The van der Waals surface area contributed by atoms with E-state index >= 15 is 0 Å². The first-order chi connectivity index (χ1) is 13.3. The molecule has 28 heavy (non-hydrogen) atoms. The molecule has 0 radical (unpaired) electrons. The van der Waals surface area contributed by atoms with Gasteiger partial charge in [-0.15, -0.1) is 0 Å². The Bertz CT molecular complexity index is 930. The van der Waals surface area contributed by atoms with E-state index in [9.17, 15) is 18.8 Å². The van der Waals surface area contributed by atoms with Crippen LogP contribution in [-0.2, 0) is 9.53 Å². The molecule has 4 nitrogen and oxygen atoms in total. The number of rotatable bonds is 6. The molecular weight excluding hydrogens is 364 g/mol. The van der Waals surface area contributed by atoms with Crippen LogP contribution in [0.2, 0.25) is 0 Å². The largest absolute Gasteiger partial charge is 0.457 e. The first kappa shape index (κ1) is 19.6. The van der Waals surface area contributed by atoms with Crippen molar-refractivity contribution in [1.82, 2.24) is 0 Å². The molecule has 0 aromatic heterocycles. The van der Waals surface area contributed by atoms with Gasteiger partial charge in [0.15, 0.2) is 0 Å². The van der Waals surface area contributed by atoms with Crippen LogP contribution < -0.4 is 4.74 Å². The van der Waals surface area contributed by atoms with E-state index in [0.29, 0.717) is 17.1 Å². The number of carbonyl (C=O) groups excluding carboxylic acids is 1.